The topological polar surface area (TPSA) is 76.7 Å². The number of carbonyl (C=O) groups is 1. The summed E-state index contributed by atoms with van der Waals surface area (Å²) in [5.41, 5.74) is 7.53. The molecule has 0 saturated carbocycles. The standard InChI is InChI=1S/C21H22FN3O2S/c1-3-12-28-19(14-4-9-18(27-2)17(13-14)20(23)26)10-11-24-21(28)25-16-7-5-15(22)6-8-16/h4-11,13H,3,12H2,1-2H3,(H2,23,26)(H,24,25). The molecule has 3 N–H and O–H groups in total. The first-order valence-electron chi connectivity index (χ1n) is 8.86. The van der Waals surface area contributed by atoms with Crippen molar-refractivity contribution in [3.8, 4) is 5.75 Å². The van der Waals surface area contributed by atoms with Crippen LogP contribution in [0.4, 0.5) is 10.1 Å². The molecule has 146 valence electrons. The van der Waals surface area contributed by atoms with E-state index in [2.05, 4.69) is 17.2 Å². The second-order valence-electron chi connectivity index (χ2n) is 6.12. The van der Waals surface area contributed by atoms with E-state index in [4.69, 9.17) is 10.5 Å². The molecule has 0 radical (unpaired) electrons. The maximum atomic E-state index is 13.2. The van der Waals surface area contributed by atoms with E-state index in [0.29, 0.717) is 11.3 Å². The second kappa shape index (κ2) is 8.84. The number of nitrogens with one attached hydrogen (secondary N) is 1. The minimum Gasteiger partial charge on any atom is -0.496 e. The van der Waals surface area contributed by atoms with Gasteiger partial charge in [-0.15, -0.1) is 10.5 Å². The first kappa shape index (κ1) is 19.8. The number of hydrogen-bond acceptors (Lipinski definition) is 4. The number of halogens is 1. The lowest BCUT2D eigenvalue weighted by molar-refractivity contribution is 0.0997. The fourth-order valence-corrected chi connectivity index (χ4v) is 4.97. The summed E-state index contributed by atoms with van der Waals surface area (Å²) in [5.74, 6) is 0.524. The van der Waals surface area contributed by atoms with E-state index in [1.165, 1.54) is 19.2 Å². The number of anilines is 1. The Morgan fingerprint density at radius 2 is 2.00 bits per heavy atom. The molecule has 1 aliphatic rings. The summed E-state index contributed by atoms with van der Waals surface area (Å²) in [4.78, 5) is 17.4. The Balaban J connectivity index is 2.03. The van der Waals surface area contributed by atoms with Gasteiger partial charge in [-0.1, -0.05) is 13.0 Å². The minimum absolute atomic E-state index is 0.284. The van der Waals surface area contributed by atoms with Gasteiger partial charge in [0.05, 0.1) is 12.7 Å². The zero-order valence-electron chi connectivity index (χ0n) is 15.7. The van der Waals surface area contributed by atoms with Crippen molar-refractivity contribution in [2.75, 3.05) is 18.2 Å². The summed E-state index contributed by atoms with van der Waals surface area (Å²) in [6.45, 7) is 2.11. The molecule has 28 heavy (non-hydrogen) atoms. The van der Waals surface area contributed by atoms with Crippen molar-refractivity contribution in [1.29, 1.82) is 0 Å². The lowest BCUT2D eigenvalue weighted by Gasteiger charge is -2.21. The van der Waals surface area contributed by atoms with E-state index in [1.54, 1.807) is 30.5 Å². The number of ether oxygens (including phenoxy) is 1. The van der Waals surface area contributed by atoms with Crippen molar-refractivity contribution in [2.24, 2.45) is 10.7 Å². The average molecular weight is 399 g/mol. The van der Waals surface area contributed by atoms with Gasteiger partial charge in [-0.25, -0.2) is 9.38 Å². The molecule has 1 amide bonds. The third-order valence-electron chi connectivity index (χ3n) is 4.17. The Morgan fingerprint density at radius 1 is 1.25 bits per heavy atom. The molecule has 1 atom stereocenters. The van der Waals surface area contributed by atoms with Crippen molar-refractivity contribution in [3.05, 3.63) is 71.7 Å². The summed E-state index contributed by atoms with van der Waals surface area (Å²) >= 11 is 0. The lowest BCUT2D eigenvalue weighted by atomic mass is 10.1. The molecule has 0 aliphatic carbocycles. The molecule has 0 saturated heterocycles. The number of rotatable bonds is 6. The monoisotopic (exact) mass is 399 g/mol. The van der Waals surface area contributed by atoms with E-state index in [9.17, 15) is 9.18 Å². The first-order chi connectivity index (χ1) is 13.5. The maximum Gasteiger partial charge on any atom is 0.252 e. The van der Waals surface area contributed by atoms with Gasteiger partial charge in [0.15, 0.2) is 5.17 Å². The fraction of sp³-hybridized carbons (Fsp3) is 0.190. The molecule has 0 fully saturated rings. The van der Waals surface area contributed by atoms with Gasteiger partial charge in [-0.05, 0) is 60.2 Å². The van der Waals surface area contributed by atoms with Crippen LogP contribution in [-0.4, -0.2) is 28.8 Å². The van der Waals surface area contributed by atoms with Crippen molar-refractivity contribution < 1.29 is 13.9 Å². The number of hydrogen-bond donors (Lipinski definition) is 2. The van der Waals surface area contributed by atoms with Gasteiger partial charge in [0.1, 0.15) is 11.6 Å². The highest BCUT2D eigenvalue weighted by Gasteiger charge is 2.17. The van der Waals surface area contributed by atoms with Crippen molar-refractivity contribution in [2.45, 2.75) is 13.3 Å². The van der Waals surface area contributed by atoms with E-state index < -0.39 is 5.91 Å². The van der Waals surface area contributed by atoms with Crippen LogP contribution in [0.25, 0.3) is 0 Å². The lowest BCUT2D eigenvalue weighted by Crippen LogP contribution is -2.18. The highest BCUT2D eigenvalue weighted by Crippen LogP contribution is 2.30. The van der Waals surface area contributed by atoms with Crippen LogP contribution in [0, 0.1) is 5.82 Å². The van der Waals surface area contributed by atoms with Gasteiger partial charge in [0.2, 0.25) is 0 Å². The molecule has 1 aliphatic heterocycles. The van der Waals surface area contributed by atoms with Gasteiger partial charge >= 0.3 is 0 Å². The molecular weight excluding hydrogens is 377 g/mol. The summed E-state index contributed by atoms with van der Waals surface area (Å²) in [6, 6.07) is 11.6. The Morgan fingerprint density at radius 3 is 2.64 bits per heavy atom. The molecular formula is C21H22FN3O2S. The van der Waals surface area contributed by atoms with Crippen molar-refractivity contribution >= 4 is 32.1 Å². The number of benzene rings is 2. The second-order valence-corrected chi connectivity index (χ2v) is 8.14. The summed E-state index contributed by atoms with van der Waals surface area (Å²) < 4.78 is 18.4. The number of allylic oxidation sites excluding steroid dienone is 1. The van der Waals surface area contributed by atoms with Crippen molar-refractivity contribution in [3.63, 3.8) is 0 Å². The van der Waals surface area contributed by atoms with Crippen LogP contribution >= 0.6 is 10.5 Å². The molecule has 3 rings (SSSR count). The normalized spacial score (nSPS) is 15.9. The third-order valence-corrected chi connectivity index (χ3v) is 6.56. The summed E-state index contributed by atoms with van der Waals surface area (Å²) in [6.07, 6.45) is 4.65. The minimum atomic E-state index is -0.534. The van der Waals surface area contributed by atoms with Crippen LogP contribution in [0.5, 0.6) is 5.75 Å². The number of methoxy groups -OCH3 is 1. The molecule has 2 aromatic carbocycles. The van der Waals surface area contributed by atoms with Crippen LogP contribution in [0.15, 0.2) is 59.7 Å². The average Bonchev–Trinajstić information content (AvgIpc) is 2.70. The van der Waals surface area contributed by atoms with Crippen LogP contribution in [-0.2, 0) is 0 Å². The number of nitrogens with zero attached hydrogens (tertiary/aromatic N) is 1. The zero-order valence-corrected chi connectivity index (χ0v) is 16.6. The van der Waals surface area contributed by atoms with Crippen LogP contribution < -0.4 is 15.8 Å². The number of amidine groups is 1. The van der Waals surface area contributed by atoms with Gasteiger partial charge in [-0.3, -0.25) is 4.79 Å². The van der Waals surface area contributed by atoms with Crippen LogP contribution in [0.1, 0.15) is 29.3 Å². The first-order valence-corrected chi connectivity index (χ1v) is 10.3. The van der Waals surface area contributed by atoms with Gasteiger partial charge in [0, 0.05) is 16.8 Å². The highest BCUT2D eigenvalue weighted by atomic mass is 32.2. The zero-order chi connectivity index (χ0) is 20.1. The van der Waals surface area contributed by atoms with Crippen LogP contribution in [0.2, 0.25) is 0 Å². The SMILES string of the molecule is CCCS1=C(c2ccc(OC)c(C(N)=O)c2)C=CN=C1Nc1ccc(F)cc1. The van der Waals surface area contributed by atoms with E-state index in [1.807, 2.05) is 12.1 Å². The van der Waals surface area contributed by atoms with E-state index in [-0.39, 0.29) is 16.3 Å². The Bertz CT molecular complexity index is 982. The molecule has 0 bridgehead atoms. The molecule has 0 spiro atoms. The Hall–Kier alpha value is -2.93. The maximum absolute atomic E-state index is 13.2. The predicted octanol–water partition coefficient (Wildman–Crippen LogP) is 4.13. The van der Waals surface area contributed by atoms with Gasteiger partial charge in [0.25, 0.3) is 5.91 Å². The number of nitrogens with two attached hydrogens (primary N) is 1. The Kier molecular flexibility index (Phi) is 6.26. The fourth-order valence-electron chi connectivity index (χ4n) is 2.88. The van der Waals surface area contributed by atoms with Crippen molar-refractivity contribution in [1.82, 2.24) is 0 Å². The molecule has 5 nitrogen and oxygen atoms in total. The smallest absolute Gasteiger partial charge is 0.252 e. The van der Waals surface area contributed by atoms with E-state index >= 15 is 0 Å². The number of primary amides is 1. The Labute approximate surface area is 166 Å². The summed E-state index contributed by atoms with van der Waals surface area (Å²) in [7, 11) is 1.18. The van der Waals surface area contributed by atoms with Gasteiger partial charge < -0.3 is 15.8 Å². The molecule has 7 heteroatoms. The van der Waals surface area contributed by atoms with E-state index in [0.717, 1.165) is 33.5 Å². The van der Waals surface area contributed by atoms with Crippen LogP contribution in [0.3, 0.4) is 0 Å². The number of aliphatic imine (C=N–C) groups is 1. The molecule has 2 aromatic rings. The number of amides is 1. The highest BCUT2D eigenvalue weighted by molar-refractivity contribution is 8.29. The largest absolute Gasteiger partial charge is 0.496 e. The molecule has 1 unspecified atom stereocenters. The quantitative estimate of drug-likeness (QED) is 0.717. The predicted molar refractivity (Wildman–Crippen MR) is 115 cm³/mol. The third kappa shape index (κ3) is 4.31. The summed E-state index contributed by atoms with van der Waals surface area (Å²) in [5, 5.41) is 4.12. The molecule has 1 heterocycles. The molecule has 0 aromatic heterocycles. The van der Waals surface area contributed by atoms with Gasteiger partial charge in [-0.2, -0.15) is 0 Å². The number of carbonyl (C=O) groups excluding carboxylic acids is 1.